The second-order valence-electron chi connectivity index (χ2n) is 12.4. The highest BCUT2D eigenvalue weighted by Gasteiger charge is 2.44. The zero-order valence-electron chi connectivity index (χ0n) is 27.9. The molecule has 0 amide bonds. The van der Waals surface area contributed by atoms with Gasteiger partial charge in [-0.15, -0.1) is 0 Å². The molecule has 1 aliphatic carbocycles. The van der Waals surface area contributed by atoms with E-state index in [2.05, 4.69) is 9.88 Å². The number of imidazole rings is 1. The number of fused-ring (bicyclic) bond motifs is 2. The molecule has 46 heavy (non-hydrogen) atoms. The molecule has 4 heterocycles. The van der Waals surface area contributed by atoms with Crippen LogP contribution < -0.4 is 9.47 Å². The zero-order valence-corrected chi connectivity index (χ0v) is 24.9. The molecule has 4 aromatic rings. The molecule has 1 atom stereocenters. The smallest absolute Gasteiger partial charge is 0.354 e. The van der Waals surface area contributed by atoms with Gasteiger partial charge in [-0.25, -0.2) is 19.2 Å². The Labute approximate surface area is 268 Å². The molecule has 0 radical (unpaired) electrons. The van der Waals surface area contributed by atoms with Crippen LogP contribution in [0.25, 0.3) is 17.0 Å². The van der Waals surface area contributed by atoms with E-state index in [0.717, 1.165) is 31.2 Å². The zero-order chi connectivity index (χ0) is 34.5. The van der Waals surface area contributed by atoms with E-state index in [1.807, 2.05) is 16.7 Å². The summed E-state index contributed by atoms with van der Waals surface area (Å²) in [6.45, 7) is 1.77. The Morgan fingerprint density at radius 1 is 1.20 bits per heavy atom. The molecule has 1 saturated heterocycles. The molecule has 236 valence electrons. The van der Waals surface area contributed by atoms with Crippen molar-refractivity contribution in [3.8, 4) is 17.6 Å². The Morgan fingerprint density at radius 2 is 2.02 bits per heavy atom. The number of nitriles is 1. The van der Waals surface area contributed by atoms with Crippen molar-refractivity contribution in [2.45, 2.75) is 50.8 Å². The molecule has 2 aliphatic heterocycles. The number of pyridine rings is 1. The first-order chi connectivity index (χ1) is 23.5. The van der Waals surface area contributed by atoms with Gasteiger partial charge in [-0.1, -0.05) is 12.1 Å². The largest absolute Gasteiger partial charge is 0.496 e. The van der Waals surface area contributed by atoms with E-state index in [0.29, 0.717) is 54.5 Å². The van der Waals surface area contributed by atoms with Crippen molar-refractivity contribution in [2.75, 3.05) is 26.8 Å². The minimum atomic E-state index is -2.79. The topological polar surface area (TPSA) is 114 Å². The van der Waals surface area contributed by atoms with Gasteiger partial charge >= 0.3 is 5.97 Å². The van der Waals surface area contributed by atoms with E-state index in [-0.39, 0.29) is 28.5 Å². The first-order valence-electron chi connectivity index (χ1n) is 16.7. The molecular formula is C35H33F2N5O4. The van der Waals surface area contributed by atoms with E-state index in [1.54, 1.807) is 18.2 Å². The number of hydrogen-bond donors (Lipinski definition) is 1. The van der Waals surface area contributed by atoms with Crippen LogP contribution in [0, 0.1) is 16.7 Å². The van der Waals surface area contributed by atoms with Crippen LogP contribution in [0.1, 0.15) is 80.4 Å². The number of rotatable bonds is 9. The number of para-hydroxylation sites is 1. The number of ether oxygens (including phenoxy) is 2. The van der Waals surface area contributed by atoms with Crippen LogP contribution in [0.15, 0.2) is 54.6 Å². The molecule has 1 N–H and O–H groups in total. The van der Waals surface area contributed by atoms with Crippen LogP contribution in [0.2, 0.25) is 0 Å². The number of nitrogens with zero attached hydrogens (tertiary/aromatic N) is 5. The van der Waals surface area contributed by atoms with Gasteiger partial charge in [0.25, 0.3) is 0 Å². The maximum Gasteiger partial charge on any atom is 0.354 e. The summed E-state index contributed by atoms with van der Waals surface area (Å²) in [5.74, 6) is -0.595. The number of carboxylic acids is 1. The minimum Gasteiger partial charge on any atom is -0.496 e. The van der Waals surface area contributed by atoms with Gasteiger partial charge in [0.1, 0.15) is 34.8 Å². The average Bonchev–Trinajstić information content (AvgIpc) is 3.78. The molecular weight excluding hydrogens is 592 g/mol. The Bertz CT molecular complexity index is 2010. The molecule has 2 aromatic heterocycles. The van der Waals surface area contributed by atoms with Crippen molar-refractivity contribution in [2.24, 2.45) is 5.41 Å². The molecule has 0 bridgehead atoms. The summed E-state index contributed by atoms with van der Waals surface area (Å²) in [6, 6.07) is 14.7. The number of carbonyl (C=O) groups is 1. The van der Waals surface area contributed by atoms with Crippen LogP contribution in [-0.4, -0.2) is 57.3 Å². The van der Waals surface area contributed by atoms with Crippen LogP contribution in [0.3, 0.4) is 0 Å². The Kier molecular flexibility index (Phi) is 6.80. The van der Waals surface area contributed by atoms with Gasteiger partial charge in [0.15, 0.2) is 11.3 Å². The highest BCUT2D eigenvalue weighted by atomic mass is 19.1. The number of halogens is 2. The second-order valence-corrected chi connectivity index (χ2v) is 12.4. The molecule has 0 spiro atoms. The summed E-state index contributed by atoms with van der Waals surface area (Å²) in [6.07, 6.45) is 3.27. The molecule has 1 saturated carbocycles. The van der Waals surface area contributed by atoms with E-state index in [4.69, 9.17) is 18.6 Å². The van der Waals surface area contributed by atoms with Gasteiger partial charge in [0.2, 0.25) is 0 Å². The van der Waals surface area contributed by atoms with Crippen LogP contribution in [0.4, 0.5) is 8.78 Å². The molecule has 0 unspecified atom stereocenters. The minimum absolute atomic E-state index is 0.0386. The maximum absolute atomic E-state index is 15.6. The van der Waals surface area contributed by atoms with Crippen molar-refractivity contribution in [1.82, 2.24) is 19.4 Å². The monoisotopic (exact) mass is 628 g/mol. The normalized spacial score (nSPS) is 20.4. The fraction of sp³-hybridized carbons (Fsp3) is 0.371. The lowest BCUT2D eigenvalue weighted by Gasteiger charge is -2.34. The number of likely N-dealkylation sites (tertiary alicyclic amines) is 1. The van der Waals surface area contributed by atoms with Crippen molar-refractivity contribution in [3.63, 3.8) is 0 Å². The van der Waals surface area contributed by atoms with Gasteiger partial charge in [-0.3, -0.25) is 9.29 Å². The fourth-order valence-electron chi connectivity index (χ4n) is 6.56. The molecule has 9 nitrogen and oxygen atoms in total. The Balaban J connectivity index is 1.11. The predicted octanol–water partition coefficient (Wildman–Crippen LogP) is 6.58. The number of methoxy groups -OCH3 is 1. The van der Waals surface area contributed by atoms with Crippen molar-refractivity contribution in [1.29, 1.82) is 5.26 Å². The van der Waals surface area contributed by atoms with Gasteiger partial charge in [-0.05, 0) is 92.7 Å². The summed E-state index contributed by atoms with van der Waals surface area (Å²) in [4.78, 5) is 23.0. The van der Waals surface area contributed by atoms with E-state index < -0.39 is 37.0 Å². The van der Waals surface area contributed by atoms with Crippen molar-refractivity contribution >= 4 is 23.0 Å². The number of aromatic carboxylic acids is 1. The Morgan fingerprint density at radius 3 is 2.74 bits per heavy atom. The van der Waals surface area contributed by atoms with Gasteiger partial charge in [-0.2, -0.15) is 5.26 Å². The first-order valence-corrected chi connectivity index (χ1v) is 15.2. The fourth-order valence-corrected chi connectivity index (χ4v) is 6.56. The molecule has 3 aliphatic rings. The van der Waals surface area contributed by atoms with Crippen LogP contribution in [0.5, 0.6) is 11.5 Å². The van der Waals surface area contributed by atoms with Crippen LogP contribution >= 0.6 is 0 Å². The average molecular weight is 629 g/mol. The van der Waals surface area contributed by atoms with Crippen molar-refractivity contribution < 1.29 is 32.3 Å². The third-order valence-electron chi connectivity index (χ3n) is 9.42. The molecule has 7 rings (SSSR count). The summed E-state index contributed by atoms with van der Waals surface area (Å²) < 4.78 is 65.8. The van der Waals surface area contributed by atoms with Gasteiger partial charge in [0.05, 0.1) is 41.6 Å². The van der Waals surface area contributed by atoms with Gasteiger partial charge in [0, 0.05) is 17.5 Å². The number of benzene rings is 2. The summed E-state index contributed by atoms with van der Waals surface area (Å²) in [5, 5.41) is 18.9. The van der Waals surface area contributed by atoms with E-state index >= 15 is 4.39 Å². The molecule has 11 heteroatoms. The lowest BCUT2D eigenvalue weighted by atomic mass is 9.86. The van der Waals surface area contributed by atoms with Gasteiger partial charge < -0.3 is 19.1 Å². The summed E-state index contributed by atoms with van der Waals surface area (Å²) in [5.41, 5.74) is 2.08. The van der Waals surface area contributed by atoms with E-state index in [9.17, 15) is 19.6 Å². The third kappa shape index (κ3) is 5.47. The molecule has 2 fully saturated rings. The summed E-state index contributed by atoms with van der Waals surface area (Å²) >= 11 is 0. The Hall–Kier alpha value is -4.82. The lowest BCUT2D eigenvalue weighted by molar-refractivity contribution is 0.0690. The SMILES string of the molecule is [2H]C([2H])([2H])Oc1cc(C#N)ccc1[C@H]1C=C(F)c2cccc(C3CCN(Cc4nc5ccc(C(=O)O)nc5n4CC4(CF)CC4)CC3)c2O1. The van der Waals surface area contributed by atoms with Crippen molar-refractivity contribution in [3.05, 3.63) is 88.4 Å². The molecule has 2 aromatic carbocycles. The number of alkyl halides is 1. The maximum atomic E-state index is 15.6. The first kappa shape index (κ1) is 26.4. The lowest BCUT2D eigenvalue weighted by Crippen LogP contribution is -2.34. The number of aromatic nitrogens is 3. The predicted molar refractivity (Wildman–Crippen MR) is 166 cm³/mol. The summed E-state index contributed by atoms with van der Waals surface area (Å²) in [7, 11) is -2.79. The number of carboxylic acid groups (broad SMARTS) is 1. The third-order valence-corrected chi connectivity index (χ3v) is 9.42. The van der Waals surface area contributed by atoms with Crippen LogP contribution in [-0.2, 0) is 13.1 Å². The quantitative estimate of drug-likeness (QED) is 0.221. The standard InChI is InChI=1S/C35H33F2N5O4/c1-45-29-15-21(17-38)5-6-25(29)30-16-26(37)24-4-2-3-23(32(24)46-30)22-9-13-41(14-10-22)18-31-39-27-7-8-28(34(43)44)40-33(27)42(31)20-35(19-36)11-12-35/h2-8,15-16,22,30H,9-14,18-20H2,1H3,(H,43,44)/t30-/m1/s1/i1D3. The number of hydrogen-bond acceptors (Lipinski definition) is 7. The second kappa shape index (κ2) is 11.8. The van der Waals surface area contributed by atoms with E-state index in [1.165, 1.54) is 30.3 Å². The highest BCUT2D eigenvalue weighted by Crippen LogP contribution is 2.48. The highest BCUT2D eigenvalue weighted by molar-refractivity contribution is 5.88. The number of piperidine rings is 1.